The number of benzene rings is 1. The number of aliphatic hydroxyl groups is 1. The van der Waals surface area contributed by atoms with Crippen LogP contribution in [-0.2, 0) is 24.2 Å². The van der Waals surface area contributed by atoms with E-state index in [1.165, 1.54) is 24.1 Å². The molecular weight excluding hydrogens is 348 g/mol. The summed E-state index contributed by atoms with van der Waals surface area (Å²) in [6, 6.07) is 4.72. The summed E-state index contributed by atoms with van der Waals surface area (Å²) >= 11 is 0. The van der Waals surface area contributed by atoms with Gasteiger partial charge in [-0.25, -0.2) is 13.2 Å². The van der Waals surface area contributed by atoms with Crippen LogP contribution in [0, 0.1) is 6.92 Å². The number of aliphatic hydroxyl groups excluding tert-OH is 1. The first-order chi connectivity index (χ1) is 11.7. The summed E-state index contributed by atoms with van der Waals surface area (Å²) in [7, 11) is -2.35. The van der Waals surface area contributed by atoms with Crippen molar-refractivity contribution < 1.29 is 27.9 Å². The van der Waals surface area contributed by atoms with Crippen molar-refractivity contribution in [2.75, 3.05) is 38.4 Å². The normalized spacial score (nSPS) is 14.9. The average Bonchev–Trinajstić information content (AvgIpc) is 2.84. The zero-order valence-corrected chi connectivity index (χ0v) is 15.0. The molecule has 136 valence electrons. The van der Waals surface area contributed by atoms with Gasteiger partial charge in [-0.15, -0.1) is 0 Å². The highest BCUT2D eigenvalue weighted by Crippen LogP contribution is 2.28. The predicted octanol–water partition coefficient (Wildman–Crippen LogP) is 0.0720. The molecule has 0 spiro atoms. The van der Waals surface area contributed by atoms with Crippen LogP contribution < -0.4 is 5.32 Å². The highest BCUT2D eigenvalue weighted by atomic mass is 32.2. The minimum absolute atomic E-state index is 0.0194. The second-order valence-electron chi connectivity index (χ2n) is 5.69. The third kappa shape index (κ3) is 3.99. The van der Waals surface area contributed by atoms with Gasteiger partial charge in [-0.1, -0.05) is 6.07 Å². The molecule has 1 aliphatic rings. The molecule has 1 heterocycles. The molecule has 0 aromatic heterocycles. The Morgan fingerprint density at radius 2 is 2.08 bits per heavy atom. The highest BCUT2D eigenvalue weighted by molar-refractivity contribution is 7.90. The smallest absolute Gasteiger partial charge is 0.337 e. The monoisotopic (exact) mass is 368 g/mol. The summed E-state index contributed by atoms with van der Waals surface area (Å²) in [5.74, 6) is -1.20. The Kier molecular flexibility index (Phi) is 5.48. The third-order valence-electron chi connectivity index (χ3n) is 3.75. The van der Waals surface area contributed by atoms with E-state index in [4.69, 9.17) is 9.84 Å². The summed E-state index contributed by atoms with van der Waals surface area (Å²) in [5, 5.41) is 11.8. The maximum Gasteiger partial charge on any atom is 0.337 e. The Balaban J connectivity index is 2.49. The minimum atomic E-state index is -3.55. The van der Waals surface area contributed by atoms with Gasteiger partial charge in [-0.3, -0.25) is 4.79 Å². The molecule has 1 aromatic rings. The van der Waals surface area contributed by atoms with E-state index >= 15 is 0 Å². The zero-order valence-electron chi connectivity index (χ0n) is 14.2. The standard InChI is InChI=1S/C16H20N2O6S/c1-10-4-5-12(13(8-10)25(3,22)23)17-14-11(16(21)24-2)9-18(6-7-19)15(14)20/h4-5,8,17,19H,6-7,9H2,1-3H3. The lowest BCUT2D eigenvalue weighted by molar-refractivity contribution is -0.136. The third-order valence-corrected chi connectivity index (χ3v) is 4.89. The summed E-state index contributed by atoms with van der Waals surface area (Å²) < 4.78 is 28.7. The Morgan fingerprint density at radius 3 is 2.64 bits per heavy atom. The van der Waals surface area contributed by atoms with E-state index in [1.807, 2.05) is 0 Å². The number of ether oxygens (including phenoxy) is 1. The van der Waals surface area contributed by atoms with Crippen LogP contribution in [0.1, 0.15) is 5.56 Å². The maximum absolute atomic E-state index is 12.5. The SMILES string of the molecule is COC(=O)C1=C(Nc2ccc(C)cc2S(C)(=O)=O)C(=O)N(CCO)C1. The number of β-amino-alcohol motifs (C(OH)–C–C–N with tert-alkyl or cyclic N) is 1. The van der Waals surface area contributed by atoms with Crippen LogP contribution in [0.3, 0.4) is 0 Å². The fourth-order valence-corrected chi connectivity index (χ4v) is 3.44. The van der Waals surface area contributed by atoms with Gasteiger partial charge >= 0.3 is 5.97 Å². The molecule has 2 rings (SSSR count). The second kappa shape index (κ2) is 7.24. The minimum Gasteiger partial charge on any atom is -0.466 e. The molecule has 0 aliphatic carbocycles. The van der Waals surface area contributed by atoms with Crippen molar-refractivity contribution in [3.8, 4) is 0 Å². The van der Waals surface area contributed by atoms with Gasteiger partial charge in [0.2, 0.25) is 0 Å². The lowest BCUT2D eigenvalue weighted by Gasteiger charge is -2.16. The van der Waals surface area contributed by atoms with E-state index in [-0.39, 0.29) is 41.5 Å². The quantitative estimate of drug-likeness (QED) is 0.683. The van der Waals surface area contributed by atoms with Crippen LogP contribution in [0.4, 0.5) is 5.69 Å². The van der Waals surface area contributed by atoms with Crippen LogP contribution in [0.5, 0.6) is 0 Å². The number of esters is 1. The Hall–Kier alpha value is -2.39. The van der Waals surface area contributed by atoms with E-state index < -0.39 is 21.7 Å². The highest BCUT2D eigenvalue weighted by Gasteiger charge is 2.35. The molecule has 0 atom stereocenters. The van der Waals surface area contributed by atoms with Crippen molar-refractivity contribution in [2.24, 2.45) is 0 Å². The number of hydrogen-bond donors (Lipinski definition) is 2. The number of carbonyl (C=O) groups excluding carboxylic acids is 2. The van der Waals surface area contributed by atoms with Crippen LogP contribution in [-0.4, -0.2) is 63.4 Å². The van der Waals surface area contributed by atoms with Crippen molar-refractivity contribution in [2.45, 2.75) is 11.8 Å². The number of rotatable bonds is 6. The number of nitrogens with one attached hydrogen (secondary N) is 1. The summed E-state index contributed by atoms with van der Waals surface area (Å²) in [5.41, 5.74) is 0.978. The first kappa shape index (κ1) is 18.9. The molecular formula is C16H20N2O6S. The first-order valence-electron chi connectivity index (χ1n) is 7.48. The van der Waals surface area contributed by atoms with Gasteiger partial charge in [0.15, 0.2) is 9.84 Å². The number of carbonyl (C=O) groups is 2. The molecule has 0 bridgehead atoms. The van der Waals surface area contributed by atoms with E-state index in [0.717, 1.165) is 11.8 Å². The number of anilines is 1. The molecule has 0 radical (unpaired) electrons. The molecule has 0 fully saturated rings. The van der Waals surface area contributed by atoms with Gasteiger partial charge in [0.25, 0.3) is 5.91 Å². The molecule has 1 amide bonds. The van der Waals surface area contributed by atoms with Crippen molar-refractivity contribution in [1.82, 2.24) is 4.90 Å². The van der Waals surface area contributed by atoms with Crippen molar-refractivity contribution in [3.05, 3.63) is 35.0 Å². The average molecular weight is 368 g/mol. The zero-order chi connectivity index (χ0) is 18.8. The molecule has 1 aromatic carbocycles. The molecule has 8 nitrogen and oxygen atoms in total. The van der Waals surface area contributed by atoms with Gasteiger partial charge in [0.05, 0.1) is 36.4 Å². The van der Waals surface area contributed by atoms with Gasteiger partial charge in [-0.2, -0.15) is 0 Å². The molecule has 2 N–H and O–H groups in total. The topological polar surface area (TPSA) is 113 Å². The number of methoxy groups -OCH3 is 1. The number of nitrogens with zero attached hydrogens (tertiary/aromatic N) is 1. The van der Waals surface area contributed by atoms with E-state index in [9.17, 15) is 18.0 Å². The summed E-state index contributed by atoms with van der Waals surface area (Å²) in [4.78, 5) is 25.8. The number of hydrogen-bond acceptors (Lipinski definition) is 7. The van der Waals surface area contributed by atoms with Crippen molar-refractivity contribution in [1.29, 1.82) is 0 Å². The molecule has 0 unspecified atom stereocenters. The molecule has 1 aliphatic heterocycles. The van der Waals surface area contributed by atoms with E-state index in [2.05, 4.69) is 5.32 Å². The van der Waals surface area contributed by atoms with Gasteiger partial charge < -0.3 is 20.1 Å². The van der Waals surface area contributed by atoms with Crippen LogP contribution in [0.2, 0.25) is 0 Å². The van der Waals surface area contributed by atoms with E-state index in [1.54, 1.807) is 13.0 Å². The maximum atomic E-state index is 12.5. The molecule has 25 heavy (non-hydrogen) atoms. The first-order valence-corrected chi connectivity index (χ1v) is 9.37. The van der Waals surface area contributed by atoms with Crippen LogP contribution in [0.15, 0.2) is 34.4 Å². The van der Waals surface area contributed by atoms with Gasteiger partial charge in [0.1, 0.15) is 5.70 Å². The predicted molar refractivity (Wildman–Crippen MR) is 90.6 cm³/mol. The van der Waals surface area contributed by atoms with Gasteiger partial charge in [-0.05, 0) is 24.6 Å². The Labute approximate surface area is 146 Å². The summed E-state index contributed by atoms with van der Waals surface area (Å²) in [6.45, 7) is 1.53. The molecule has 0 saturated heterocycles. The van der Waals surface area contributed by atoms with Gasteiger partial charge in [0, 0.05) is 12.8 Å². The second-order valence-corrected chi connectivity index (χ2v) is 7.68. The van der Waals surface area contributed by atoms with Crippen molar-refractivity contribution >= 4 is 27.4 Å². The van der Waals surface area contributed by atoms with Crippen molar-refractivity contribution in [3.63, 3.8) is 0 Å². The van der Waals surface area contributed by atoms with Crippen LogP contribution in [0.25, 0.3) is 0 Å². The Bertz CT molecular complexity index is 844. The summed E-state index contributed by atoms with van der Waals surface area (Å²) in [6.07, 6.45) is 1.07. The molecule has 9 heteroatoms. The lowest BCUT2D eigenvalue weighted by Crippen LogP contribution is -2.31. The Morgan fingerprint density at radius 1 is 1.40 bits per heavy atom. The number of sulfone groups is 1. The lowest BCUT2D eigenvalue weighted by atomic mass is 10.2. The fraction of sp³-hybridized carbons (Fsp3) is 0.375. The van der Waals surface area contributed by atoms with E-state index in [0.29, 0.717) is 0 Å². The fourth-order valence-electron chi connectivity index (χ4n) is 2.52. The molecule has 0 saturated carbocycles. The largest absolute Gasteiger partial charge is 0.466 e. The number of amides is 1. The van der Waals surface area contributed by atoms with Crippen LogP contribution >= 0.6 is 0 Å². The number of aryl methyl sites for hydroxylation is 1.